The van der Waals surface area contributed by atoms with Gasteiger partial charge in [0.05, 0.1) is 25.9 Å². The Labute approximate surface area is 112 Å². The third-order valence-electron chi connectivity index (χ3n) is 1.12. The van der Waals surface area contributed by atoms with Gasteiger partial charge in [0.1, 0.15) is 0 Å². The predicted octanol–water partition coefficient (Wildman–Crippen LogP) is 0.00800. The van der Waals surface area contributed by atoms with E-state index in [2.05, 4.69) is 0 Å². The van der Waals surface area contributed by atoms with Crippen molar-refractivity contribution in [3.63, 3.8) is 0 Å². The summed E-state index contributed by atoms with van der Waals surface area (Å²) in [5.74, 6) is 0. The molecule has 0 saturated carbocycles. The summed E-state index contributed by atoms with van der Waals surface area (Å²) in [6.07, 6.45) is 1.26. The second-order valence-corrected chi connectivity index (χ2v) is 2.90. The molecule has 1 unspecified atom stereocenters. The van der Waals surface area contributed by atoms with Gasteiger partial charge in [-0.25, -0.2) is 0 Å². The van der Waals surface area contributed by atoms with Crippen LogP contribution in [0.15, 0.2) is 0 Å². The van der Waals surface area contributed by atoms with E-state index in [0.29, 0.717) is 0 Å². The maximum Gasteiger partial charge on any atom is 0.0742 e. The zero-order valence-electron chi connectivity index (χ0n) is 10.2. The number of hydrogen-bond donors (Lipinski definition) is 5. The average Bonchev–Trinajstić information content (AvgIpc) is 2.31. The molecule has 0 amide bonds. The summed E-state index contributed by atoms with van der Waals surface area (Å²) in [4.78, 5) is 0. The molecule has 0 bridgehead atoms. The van der Waals surface area contributed by atoms with Crippen LogP contribution >= 0.6 is 0 Å². The minimum atomic E-state index is -0.560. The van der Waals surface area contributed by atoms with Crippen LogP contribution in [0, 0.1) is 0 Å². The van der Waals surface area contributed by atoms with E-state index in [1.165, 1.54) is 6.92 Å². The van der Waals surface area contributed by atoms with Gasteiger partial charge in [-0.05, 0) is 19.8 Å². The zero-order valence-corrected chi connectivity index (χ0v) is 10.2. The summed E-state index contributed by atoms with van der Waals surface area (Å²) < 4.78 is 4.73. The molecule has 0 spiro atoms. The van der Waals surface area contributed by atoms with Gasteiger partial charge in [0.15, 0.2) is 0 Å². The lowest BCUT2D eigenvalue weighted by Gasteiger charge is -1.92. The van der Waals surface area contributed by atoms with Crippen LogP contribution in [0.25, 0.3) is 0 Å². The molecule has 118 valence electrons. The van der Waals surface area contributed by atoms with Crippen molar-refractivity contribution in [1.82, 2.24) is 0 Å². The van der Waals surface area contributed by atoms with Gasteiger partial charge in [-0.2, -0.15) is 0 Å². The second-order valence-electron chi connectivity index (χ2n) is 2.90. The van der Waals surface area contributed by atoms with Gasteiger partial charge in [0.25, 0.3) is 0 Å². The summed E-state index contributed by atoms with van der Waals surface area (Å²) in [6, 6.07) is 0. The Kier molecular flexibility index (Phi) is 61.2. The van der Waals surface area contributed by atoms with E-state index in [1.807, 2.05) is 0 Å². The first-order valence-electron chi connectivity index (χ1n) is 5.21. The monoisotopic (exact) mass is 274 g/mol. The molecule has 0 aromatic carbocycles. The number of rotatable bonds is 6. The van der Waals surface area contributed by atoms with Crippen molar-refractivity contribution in [1.29, 1.82) is 0 Å². The Hall–Kier alpha value is -0.240. The van der Waals surface area contributed by atoms with Crippen molar-refractivity contribution in [2.75, 3.05) is 40.1 Å². The van der Waals surface area contributed by atoms with E-state index in [0.717, 1.165) is 19.4 Å². The molecule has 0 aromatic rings. The van der Waals surface area contributed by atoms with E-state index < -0.39 is 6.10 Å². The molecule has 0 aliphatic carbocycles. The highest BCUT2D eigenvalue weighted by atomic mass is 16.5. The van der Waals surface area contributed by atoms with Gasteiger partial charge in [0.2, 0.25) is 0 Å². The summed E-state index contributed by atoms with van der Waals surface area (Å²) in [5.41, 5.74) is 0. The molecule has 18 heavy (non-hydrogen) atoms. The van der Waals surface area contributed by atoms with Gasteiger partial charge >= 0.3 is 0 Å². The highest BCUT2D eigenvalue weighted by molar-refractivity contribution is 4.34. The number of aliphatic hydroxyl groups excluding tert-OH is 5. The van der Waals surface area contributed by atoms with E-state index >= 15 is 0 Å². The van der Waals surface area contributed by atoms with Crippen molar-refractivity contribution in [2.24, 2.45) is 0 Å². The van der Waals surface area contributed by atoms with Crippen LogP contribution in [-0.2, 0) is 4.74 Å². The second kappa shape index (κ2) is 36.0. The highest BCUT2D eigenvalue weighted by Crippen LogP contribution is 1.84. The fourth-order valence-corrected chi connectivity index (χ4v) is 0.358. The molecule has 0 heterocycles. The average molecular weight is 274 g/mol. The molecule has 0 rings (SSSR count). The molecule has 6 heteroatoms. The Bertz CT molecular complexity index is 84.6. The molecular weight excluding hydrogens is 240 g/mol. The largest absolute Gasteiger partial charge is 0.396 e. The van der Waals surface area contributed by atoms with E-state index in [4.69, 9.17) is 30.3 Å². The first-order chi connectivity index (χ1) is 7.60. The summed E-state index contributed by atoms with van der Waals surface area (Å²) in [6.45, 7) is 2.18. The van der Waals surface area contributed by atoms with Crippen LogP contribution in [0.2, 0.25) is 0 Å². The molecule has 0 aromatic heterocycles. The third kappa shape index (κ3) is 75.1. The van der Waals surface area contributed by atoms with Crippen LogP contribution < -0.4 is 0 Å². The highest BCUT2D eigenvalue weighted by Gasteiger charge is 1.83. The normalized spacial score (nSPS) is 9.50. The van der Waals surface area contributed by atoms with Crippen LogP contribution in [-0.4, -0.2) is 71.8 Å². The molecule has 6 nitrogen and oxygen atoms in total. The molecule has 0 radical (unpaired) electrons. The first-order valence-corrected chi connectivity index (χ1v) is 5.21. The number of hydrogen-bond acceptors (Lipinski definition) is 6. The van der Waals surface area contributed by atoms with Gasteiger partial charge < -0.3 is 30.3 Å². The van der Waals surface area contributed by atoms with Crippen LogP contribution in [0.1, 0.15) is 34.6 Å². The SMILES string of the molecule is C.C.CC(O)CO.COCCCCO.OCCO. The lowest BCUT2D eigenvalue weighted by atomic mass is 10.3. The van der Waals surface area contributed by atoms with Crippen LogP contribution in [0.4, 0.5) is 0 Å². The maximum absolute atomic E-state index is 8.24. The van der Waals surface area contributed by atoms with Crippen molar-refractivity contribution in [3.05, 3.63) is 0 Å². The summed E-state index contributed by atoms with van der Waals surface area (Å²) >= 11 is 0. The molecule has 0 aliphatic rings. The summed E-state index contributed by atoms with van der Waals surface area (Å²) in [5, 5.41) is 39.5. The van der Waals surface area contributed by atoms with Crippen molar-refractivity contribution in [2.45, 2.75) is 40.7 Å². The number of unbranched alkanes of at least 4 members (excludes halogenated alkanes) is 1. The van der Waals surface area contributed by atoms with E-state index in [9.17, 15) is 0 Å². The van der Waals surface area contributed by atoms with Crippen molar-refractivity contribution < 1.29 is 30.3 Å². The predicted molar refractivity (Wildman–Crippen MR) is 74.6 cm³/mol. The third-order valence-corrected chi connectivity index (χ3v) is 1.12. The van der Waals surface area contributed by atoms with Crippen LogP contribution in [0.5, 0.6) is 0 Å². The Balaban J connectivity index is -0.0000000463. The minimum Gasteiger partial charge on any atom is -0.396 e. The number of methoxy groups -OCH3 is 1. The summed E-state index contributed by atoms with van der Waals surface area (Å²) in [7, 11) is 1.66. The molecule has 0 fully saturated rings. The smallest absolute Gasteiger partial charge is 0.0742 e. The number of aliphatic hydroxyl groups is 5. The minimum absolute atomic E-state index is 0. The van der Waals surface area contributed by atoms with Gasteiger partial charge in [0, 0.05) is 20.3 Å². The Morgan fingerprint density at radius 2 is 1.28 bits per heavy atom. The molecular formula is C12H34O6. The van der Waals surface area contributed by atoms with Crippen LogP contribution in [0.3, 0.4) is 0 Å². The maximum atomic E-state index is 8.24. The van der Waals surface area contributed by atoms with Crippen molar-refractivity contribution >= 4 is 0 Å². The molecule has 0 saturated heterocycles. The molecule has 0 aliphatic heterocycles. The Morgan fingerprint density at radius 3 is 1.44 bits per heavy atom. The lowest BCUT2D eigenvalue weighted by molar-refractivity contribution is 0.110. The topological polar surface area (TPSA) is 110 Å². The standard InChI is InChI=1S/C5H12O2.C3H8O2.C2H6O2.2CH4/c1-7-5-3-2-4-6;1-3(5)2-4;3-1-2-4;;/h6H,2-5H2,1H3;3-5H,2H2,1H3;3-4H,1-2H2;2*1H4. The van der Waals surface area contributed by atoms with Gasteiger partial charge in [-0.1, -0.05) is 14.9 Å². The number of ether oxygens (including phenoxy) is 1. The van der Waals surface area contributed by atoms with Crippen molar-refractivity contribution in [3.8, 4) is 0 Å². The fourth-order valence-electron chi connectivity index (χ4n) is 0.358. The molecule has 5 N–H and O–H groups in total. The first kappa shape index (κ1) is 30.6. The molecule has 1 atom stereocenters. The fraction of sp³-hybridized carbons (Fsp3) is 1.00. The Morgan fingerprint density at radius 1 is 0.889 bits per heavy atom. The van der Waals surface area contributed by atoms with Gasteiger partial charge in [-0.15, -0.1) is 0 Å². The van der Waals surface area contributed by atoms with E-state index in [1.54, 1.807) is 7.11 Å². The quantitative estimate of drug-likeness (QED) is 0.436. The lowest BCUT2D eigenvalue weighted by Crippen LogP contribution is -2.03. The van der Waals surface area contributed by atoms with Gasteiger partial charge in [-0.3, -0.25) is 0 Å². The zero-order chi connectivity index (χ0) is 13.2. The van der Waals surface area contributed by atoms with E-state index in [-0.39, 0.29) is 41.3 Å².